The second-order valence-electron chi connectivity index (χ2n) is 6.56. The molecule has 0 saturated carbocycles. The topological polar surface area (TPSA) is 103 Å². The van der Waals surface area contributed by atoms with Gasteiger partial charge in [-0.25, -0.2) is 9.97 Å². The molecule has 1 aliphatic heterocycles. The average Bonchev–Trinajstić information content (AvgIpc) is 2.85. The molecule has 1 fully saturated rings. The number of rotatable bonds is 9. The predicted octanol–water partition coefficient (Wildman–Crippen LogP) is 3.42. The van der Waals surface area contributed by atoms with Crippen LogP contribution in [0.25, 0.3) is 11.4 Å². The maximum absolute atomic E-state index is 8.58. The summed E-state index contributed by atoms with van der Waals surface area (Å²) in [5.41, 5.74) is 7.37. The molecule has 1 saturated heterocycles. The molecular formula is C23H37N5O3S. The molecule has 3 rings (SSSR count). The summed E-state index contributed by atoms with van der Waals surface area (Å²) >= 11 is 1.78. The molecule has 3 N–H and O–H groups in total. The second-order valence-corrected chi connectivity index (χ2v) is 7.43. The summed E-state index contributed by atoms with van der Waals surface area (Å²) in [7, 11) is 1.73. The molecule has 1 amide bonds. The van der Waals surface area contributed by atoms with Gasteiger partial charge in [0.2, 0.25) is 6.41 Å². The van der Waals surface area contributed by atoms with Crippen molar-refractivity contribution in [3.63, 3.8) is 0 Å². The number of ether oxygens (including phenoxy) is 2. The van der Waals surface area contributed by atoms with E-state index in [2.05, 4.69) is 52.5 Å². The molecule has 0 unspecified atom stereocenters. The molecule has 8 nitrogen and oxygen atoms in total. The third kappa shape index (κ3) is 9.84. The Morgan fingerprint density at radius 2 is 1.88 bits per heavy atom. The van der Waals surface area contributed by atoms with Gasteiger partial charge in [-0.1, -0.05) is 13.8 Å². The molecule has 1 aromatic carbocycles. The summed E-state index contributed by atoms with van der Waals surface area (Å²) < 4.78 is 10.5. The van der Waals surface area contributed by atoms with Crippen LogP contribution < -0.4 is 16.0 Å². The highest BCUT2D eigenvalue weighted by atomic mass is 32.2. The van der Waals surface area contributed by atoms with Gasteiger partial charge in [-0.05, 0) is 36.9 Å². The molecule has 178 valence electrons. The van der Waals surface area contributed by atoms with Crippen molar-refractivity contribution in [2.24, 2.45) is 5.73 Å². The highest BCUT2D eigenvalue weighted by Gasteiger charge is 2.15. The lowest BCUT2D eigenvalue weighted by atomic mass is 10.2. The number of amides is 1. The molecule has 32 heavy (non-hydrogen) atoms. The first-order chi connectivity index (χ1) is 15.7. The SMILES string of the molecule is CC.COCCCNc1ccc(-c2nc(CSC)cc(N3CCOCC3)n2)cc1.NC=O. The smallest absolute Gasteiger partial charge is 0.204 e. The predicted molar refractivity (Wildman–Crippen MR) is 134 cm³/mol. The van der Waals surface area contributed by atoms with Gasteiger partial charge in [0.15, 0.2) is 5.82 Å². The van der Waals surface area contributed by atoms with E-state index >= 15 is 0 Å². The molecule has 0 spiro atoms. The Hall–Kier alpha value is -2.36. The quantitative estimate of drug-likeness (QED) is 0.431. The third-order valence-electron chi connectivity index (χ3n) is 4.39. The Morgan fingerprint density at radius 1 is 1.22 bits per heavy atom. The van der Waals surface area contributed by atoms with Crippen LogP contribution in [0.4, 0.5) is 11.5 Å². The number of carbonyl (C=O) groups excluding carboxylic acids is 1. The van der Waals surface area contributed by atoms with Gasteiger partial charge in [0.1, 0.15) is 5.82 Å². The Morgan fingerprint density at radius 3 is 2.47 bits per heavy atom. The monoisotopic (exact) mass is 463 g/mol. The van der Waals surface area contributed by atoms with Gasteiger partial charge in [0.05, 0.1) is 18.9 Å². The van der Waals surface area contributed by atoms with E-state index in [1.165, 1.54) is 0 Å². The van der Waals surface area contributed by atoms with E-state index in [-0.39, 0.29) is 6.41 Å². The largest absolute Gasteiger partial charge is 0.385 e. The number of nitrogens with two attached hydrogens (primary N) is 1. The molecule has 0 bridgehead atoms. The van der Waals surface area contributed by atoms with Gasteiger partial charge in [-0.2, -0.15) is 11.8 Å². The molecule has 2 heterocycles. The van der Waals surface area contributed by atoms with E-state index in [1.54, 1.807) is 18.9 Å². The standard InChI is InChI=1S/C20H28N4O2S.C2H6.CH3NO/c1-25-11-3-8-21-17-6-4-16(5-7-17)20-22-18(15-27-2)14-19(23-20)24-9-12-26-13-10-24;1-2;2-1-3/h4-7,14,21H,3,8-13,15H2,1-2H3;1-2H3;1H,(H2,2,3). The van der Waals surface area contributed by atoms with Crippen LogP contribution in [0.5, 0.6) is 0 Å². The number of thioether (sulfide) groups is 1. The summed E-state index contributed by atoms with van der Waals surface area (Å²) in [5.74, 6) is 2.66. The maximum atomic E-state index is 8.58. The number of nitrogens with zero attached hydrogens (tertiary/aromatic N) is 3. The summed E-state index contributed by atoms with van der Waals surface area (Å²) in [4.78, 5) is 20.5. The number of benzene rings is 1. The van der Waals surface area contributed by atoms with Crippen molar-refractivity contribution in [3.05, 3.63) is 36.0 Å². The maximum Gasteiger partial charge on any atom is 0.204 e. The van der Waals surface area contributed by atoms with Crippen LogP contribution in [0, 0.1) is 0 Å². The van der Waals surface area contributed by atoms with Gasteiger partial charge in [0, 0.05) is 56.4 Å². The second kappa shape index (κ2) is 17.2. The number of morpholine rings is 1. The van der Waals surface area contributed by atoms with Crippen molar-refractivity contribution in [2.45, 2.75) is 26.0 Å². The number of methoxy groups -OCH3 is 1. The Labute approximate surface area is 196 Å². The first-order valence-corrected chi connectivity index (χ1v) is 12.3. The summed E-state index contributed by atoms with van der Waals surface area (Å²) in [5, 5.41) is 3.41. The number of primary amides is 1. The molecule has 2 aromatic rings. The van der Waals surface area contributed by atoms with E-state index in [0.717, 1.165) is 80.2 Å². The average molecular weight is 464 g/mol. The van der Waals surface area contributed by atoms with Crippen LogP contribution in [-0.4, -0.2) is 69.2 Å². The number of hydrogen-bond donors (Lipinski definition) is 2. The summed E-state index contributed by atoms with van der Waals surface area (Å²) in [6.07, 6.45) is 3.33. The van der Waals surface area contributed by atoms with Crippen LogP contribution in [-0.2, 0) is 20.0 Å². The normalized spacial score (nSPS) is 12.7. The van der Waals surface area contributed by atoms with Crippen LogP contribution in [0.1, 0.15) is 26.0 Å². The Balaban J connectivity index is 0.000000944. The van der Waals surface area contributed by atoms with Crippen LogP contribution in [0.15, 0.2) is 30.3 Å². The van der Waals surface area contributed by atoms with Crippen molar-refractivity contribution in [3.8, 4) is 11.4 Å². The fraction of sp³-hybridized carbons (Fsp3) is 0.522. The minimum Gasteiger partial charge on any atom is -0.385 e. The fourth-order valence-electron chi connectivity index (χ4n) is 2.97. The van der Waals surface area contributed by atoms with E-state index in [1.807, 2.05) is 13.8 Å². The van der Waals surface area contributed by atoms with Crippen molar-refractivity contribution in [1.29, 1.82) is 0 Å². The Bertz CT molecular complexity index is 756. The molecule has 0 radical (unpaired) electrons. The number of hydrogen-bond acceptors (Lipinski definition) is 8. The lowest BCUT2D eigenvalue weighted by molar-refractivity contribution is -0.106. The molecule has 0 atom stereocenters. The zero-order valence-electron chi connectivity index (χ0n) is 19.7. The van der Waals surface area contributed by atoms with Gasteiger partial charge in [-0.15, -0.1) is 0 Å². The van der Waals surface area contributed by atoms with Crippen molar-refractivity contribution in [2.75, 3.05) is 63.0 Å². The highest BCUT2D eigenvalue weighted by Crippen LogP contribution is 2.24. The van der Waals surface area contributed by atoms with E-state index in [9.17, 15) is 0 Å². The van der Waals surface area contributed by atoms with Crippen LogP contribution >= 0.6 is 11.8 Å². The van der Waals surface area contributed by atoms with Gasteiger partial charge >= 0.3 is 0 Å². The lowest BCUT2D eigenvalue weighted by Crippen LogP contribution is -2.37. The van der Waals surface area contributed by atoms with E-state index in [0.29, 0.717) is 0 Å². The molecular weight excluding hydrogens is 426 g/mol. The van der Waals surface area contributed by atoms with Gasteiger partial charge < -0.3 is 25.4 Å². The van der Waals surface area contributed by atoms with Crippen molar-refractivity contribution >= 4 is 29.7 Å². The third-order valence-corrected chi connectivity index (χ3v) is 4.97. The van der Waals surface area contributed by atoms with E-state index < -0.39 is 0 Å². The van der Waals surface area contributed by atoms with Crippen LogP contribution in [0.2, 0.25) is 0 Å². The summed E-state index contributed by atoms with van der Waals surface area (Å²) in [6.45, 7) is 8.92. The van der Waals surface area contributed by atoms with Gasteiger partial charge in [-0.3, -0.25) is 4.79 Å². The highest BCUT2D eigenvalue weighted by molar-refractivity contribution is 7.97. The number of aromatic nitrogens is 2. The molecule has 0 aliphatic carbocycles. The zero-order valence-corrected chi connectivity index (χ0v) is 20.5. The lowest BCUT2D eigenvalue weighted by Gasteiger charge is -2.28. The van der Waals surface area contributed by atoms with Crippen LogP contribution in [0.3, 0.4) is 0 Å². The van der Waals surface area contributed by atoms with Crippen molar-refractivity contribution < 1.29 is 14.3 Å². The number of carbonyl (C=O) groups is 1. The molecule has 1 aliphatic rings. The van der Waals surface area contributed by atoms with Crippen molar-refractivity contribution in [1.82, 2.24) is 9.97 Å². The van der Waals surface area contributed by atoms with E-state index in [4.69, 9.17) is 24.2 Å². The number of nitrogens with one attached hydrogen (secondary N) is 1. The zero-order chi connectivity index (χ0) is 23.6. The summed E-state index contributed by atoms with van der Waals surface area (Å²) in [6, 6.07) is 10.4. The first kappa shape index (κ1) is 27.7. The first-order valence-electron chi connectivity index (χ1n) is 10.9. The minimum atomic E-state index is 0.250. The number of anilines is 2. The fourth-order valence-corrected chi connectivity index (χ4v) is 3.42. The molecule has 9 heteroatoms. The minimum absolute atomic E-state index is 0.250. The Kier molecular flexibility index (Phi) is 14.9. The van der Waals surface area contributed by atoms with Gasteiger partial charge in [0.25, 0.3) is 0 Å². The molecule has 1 aromatic heterocycles.